The number of benzene rings is 1. The Balaban J connectivity index is 2.70. The van der Waals surface area contributed by atoms with E-state index in [-0.39, 0.29) is 0 Å². The van der Waals surface area contributed by atoms with Crippen LogP contribution < -0.4 is 5.32 Å². The summed E-state index contributed by atoms with van der Waals surface area (Å²) in [5.41, 5.74) is 1.80. The smallest absolute Gasteiger partial charge is 0.0175 e. The highest BCUT2D eigenvalue weighted by Gasteiger charge is 2.22. The highest BCUT2D eigenvalue weighted by atomic mass is 79.9. The van der Waals surface area contributed by atoms with E-state index < -0.39 is 0 Å². The zero-order valence-electron chi connectivity index (χ0n) is 10.5. The fourth-order valence-corrected chi connectivity index (χ4v) is 2.63. The topological polar surface area (TPSA) is 12.0 Å². The van der Waals surface area contributed by atoms with E-state index in [2.05, 4.69) is 59.4 Å². The predicted octanol–water partition coefficient (Wildman–Crippen LogP) is 4.02. The van der Waals surface area contributed by atoms with Gasteiger partial charge in [0.15, 0.2) is 0 Å². The second-order valence-electron chi connectivity index (χ2n) is 4.89. The van der Waals surface area contributed by atoms with Crippen LogP contribution >= 0.6 is 15.9 Å². The van der Waals surface area contributed by atoms with E-state index in [1.807, 2.05) is 7.05 Å². The van der Waals surface area contributed by atoms with E-state index in [9.17, 15) is 0 Å². The van der Waals surface area contributed by atoms with E-state index in [0.29, 0.717) is 5.41 Å². The molecule has 0 fully saturated rings. The number of halogens is 1. The first-order valence-corrected chi connectivity index (χ1v) is 6.78. The molecule has 0 aliphatic carbocycles. The lowest BCUT2D eigenvalue weighted by Gasteiger charge is -2.29. The van der Waals surface area contributed by atoms with Gasteiger partial charge in [0.2, 0.25) is 0 Å². The summed E-state index contributed by atoms with van der Waals surface area (Å²) >= 11 is 3.47. The lowest BCUT2D eigenvalue weighted by molar-refractivity contribution is 0.283. The molecular weight excluding hydrogens is 262 g/mol. The van der Waals surface area contributed by atoms with Crippen LogP contribution in [0.15, 0.2) is 28.7 Å². The predicted molar refractivity (Wildman–Crippen MR) is 74.8 cm³/mol. The van der Waals surface area contributed by atoms with Gasteiger partial charge in [0, 0.05) is 11.0 Å². The summed E-state index contributed by atoms with van der Waals surface area (Å²) in [5, 5.41) is 3.32. The number of hydrogen-bond donors (Lipinski definition) is 1. The molecule has 90 valence electrons. The minimum absolute atomic E-state index is 0.372. The van der Waals surface area contributed by atoms with Gasteiger partial charge in [-0.1, -0.05) is 48.3 Å². The van der Waals surface area contributed by atoms with Crippen molar-refractivity contribution in [2.45, 2.75) is 33.1 Å². The number of rotatable bonds is 6. The Hall–Kier alpha value is -0.340. The summed E-state index contributed by atoms with van der Waals surface area (Å²) in [5.74, 6) is 0. The average molecular weight is 284 g/mol. The van der Waals surface area contributed by atoms with Crippen molar-refractivity contribution in [3.8, 4) is 0 Å². The maximum atomic E-state index is 3.47. The molecule has 1 N–H and O–H groups in total. The van der Waals surface area contributed by atoms with Gasteiger partial charge in [-0.05, 0) is 43.0 Å². The molecule has 1 aromatic rings. The van der Waals surface area contributed by atoms with Crippen LogP contribution in [0.3, 0.4) is 0 Å². The van der Waals surface area contributed by atoms with Crippen molar-refractivity contribution in [1.82, 2.24) is 5.32 Å². The fraction of sp³-hybridized carbons (Fsp3) is 0.571. The molecule has 0 radical (unpaired) electrons. The van der Waals surface area contributed by atoms with Crippen molar-refractivity contribution >= 4 is 15.9 Å². The molecule has 0 amide bonds. The number of hydrogen-bond acceptors (Lipinski definition) is 1. The average Bonchev–Trinajstić information content (AvgIpc) is 2.22. The van der Waals surface area contributed by atoms with Crippen molar-refractivity contribution in [1.29, 1.82) is 0 Å². The van der Waals surface area contributed by atoms with Crippen molar-refractivity contribution in [2.75, 3.05) is 13.6 Å². The lowest BCUT2D eigenvalue weighted by Crippen LogP contribution is -2.31. The minimum atomic E-state index is 0.372. The Morgan fingerprint density at radius 2 is 1.88 bits per heavy atom. The van der Waals surface area contributed by atoms with Crippen LogP contribution in [0.1, 0.15) is 32.3 Å². The Bertz CT molecular complexity index is 299. The van der Waals surface area contributed by atoms with E-state index >= 15 is 0 Å². The van der Waals surface area contributed by atoms with E-state index in [1.54, 1.807) is 0 Å². The van der Waals surface area contributed by atoms with Crippen molar-refractivity contribution < 1.29 is 0 Å². The van der Waals surface area contributed by atoms with E-state index in [4.69, 9.17) is 0 Å². The summed E-state index contributed by atoms with van der Waals surface area (Å²) in [7, 11) is 2.04. The third kappa shape index (κ3) is 4.26. The third-order valence-corrected chi connectivity index (χ3v) is 3.53. The summed E-state index contributed by atoms with van der Waals surface area (Å²) < 4.78 is 1.15. The molecule has 0 aliphatic rings. The van der Waals surface area contributed by atoms with Gasteiger partial charge in [-0.15, -0.1) is 0 Å². The van der Waals surface area contributed by atoms with Crippen LogP contribution in [0.25, 0.3) is 0 Å². The molecule has 1 aromatic carbocycles. The standard InChI is InChI=1S/C14H22BrN/c1-4-9-14(2,11-16-3)10-12-5-7-13(15)8-6-12/h5-8,16H,4,9-11H2,1-3H3. The van der Waals surface area contributed by atoms with Crippen LogP contribution in [0.4, 0.5) is 0 Å². The van der Waals surface area contributed by atoms with Crippen molar-refractivity contribution in [2.24, 2.45) is 5.41 Å². The molecule has 1 atom stereocenters. The quantitative estimate of drug-likeness (QED) is 0.832. The van der Waals surface area contributed by atoms with Gasteiger partial charge in [-0.25, -0.2) is 0 Å². The third-order valence-electron chi connectivity index (χ3n) is 3.00. The summed E-state index contributed by atoms with van der Waals surface area (Å²) in [6, 6.07) is 8.68. The molecule has 1 unspecified atom stereocenters. The largest absolute Gasteiger partial charge is 0.319 e. The first kappa shape index (κ1) is 13.7. The second-order valence-corrected chi connectivity index (χ2v) is 5.81. The summed E-state index contributed by atoms with van der Waals surface area (Å²) in [6.45, 7) is 5.71. The first-order valence-electron chi connectivity index (χ1n) is 5.99. The van der Waals surface area contributed by atoms with E-state index in [1.165, 1.54) is 18.4 Å². The highest BCUT2D eigenvalue weighted by molar-refractivity contribution is 9.10. The van der Waals surface area contributed by atoms with Gasteiger partial charge in [0.25, 0.3) is 0 Å². The van der Waals surface area contributed by atoms with Crippen LogP contribution in [-0.4, -0.2) is 13.6 Å². The van der Waals surface area contributed by atoms with Gasteiger partial charge < -0.3 is 5.32 Å². The van der Waals surface area contributed by atoms with Crippen LogP contribution in [-0.2, 0) is 6.42 Å². The molecule has 16 heavy (non-hydrogen) atoms. The van der Waals surface area contributed by atoms with Crippen molar-refractivity contribution in [3.05, 3.63) is 34.3 Å². The first-order chi connectivity index (χ1) is 7.59. The molecule has 1 rings (SSSR count). The number of nitrogens with one attached hydrogen (secondary N) is 1. The molecule has 0 bridgehead atoms. The summed E-state index contributed by atoms with van der Waals surface area (Å²) in [4.78, 5) is 0. The Kier molecular flexibility index (Phi) is 5.50. The van der Waals surface area contributed by atoms with Gasteiger partial charge >= 0.3 is 0 Å². The van der Waals surface area contributed by atoms with Crippen LogP contribution in [0, 0.1) is 5.41 Å². The Labute approximate surface area is 108 Å². The second kappa shape index (κ2) is 6.41. The van der Waals surface area contributed by atoms with E-state index in [0.717, 1.165) is 17.4 Å². The Morgan fingerprint density at radius 3 is 2.38 bits per heavy atom. The Morgan fingerprint density at radius 1 is 1.25 bits per heavy atom. The molecule has 0 saturated carbocycles. The SMILES string of the molecule is CCCC(C)(CNC)Cc1ccc(Br)cc1. The highest BCUT2D eigenvalue weighted by Crippen LogP contribution is 2.28. The van der Waals surface area contributed by atoms with Gasteiger partial charge in [0.1, 0.15) is 0 Å². The monoisotopic (exact) mass is 283 g/mol. The molecule has 0 heterocycles. The molecule has 0 saturated heterocycles. The van der Waals surface area contributed by atoms with Gasteiger partial charge in [-0.2, -0.15) is 0 Å². The maximum Gasteiger partial charge on any atom is 0.0175 e. The lowest BCUT2D eigenvalue weighted by atomic mass is 9.79. The minimum Gasteiger partial charge on any atom is -0.319 e. The van der Waals surface area contributed by atoms with Gasteiger partial charge in [-0.3, -0.25) is 0 Å². The molecular formula is C14H22BrN. The van der Waals surface area contributed by atoms with Crippen LogP contribution in [0.2, 0.25) is 0 Å². The molecule has 1 nitrogen and oxygen atoms in total. The zero-order chi connectivity index (χ0) is 12.0. The molecule has 0 aromatic heterocycles. The normalized spacial score (nSPS) is 14.8. The summed E-state index contributed by atoms with van der Waals surface area (Å²) in [6.07, 6.45) is 3.66. The molecule has 0 aliphatic heterocycles. The van der Waals surface area contributed by atoms with Crippen molar-refractivity contribution in [3.63, 3.8) is 0 Å². The fourth-order valence-electron chi connectivity index (χ4n) is 2.36. The maximum absolute atomic E-state index is 3.47. The molecule has 0 spiro atoms. The molecule has 2 heteroatoms. The zero-order valence-corrected chi connectivity index (χ0v) is 12.1. The van der Waals surface area contributed by atoms with Gasteiger partial charge in [0.05, 0.1) is 0 Å². The van der Waals surface area contributed by atoms with Crippen LogP contribution in [0.5, 0.6) is 0 Å².